The van der Waals surface area contributed by atoms with Gasteiger partial charge >= 0.3 is 0 Å². The van der Waals surface area contributed by atoms with Crippen LogP contribution in [-0.2, 0) is 0 Å². The highest BCUT2D eigenvalue weighted by Crippen LogP contribution is 2.38. The third-order valence-corrected chi connectivity index (χ3v) is 13.5. The average molecular weight is 917 g/mol. The molecule has 72 heavy (non-hydrogen) atoms. The Hall–Kier alpha value is -9.50. The standard InChI is InChI=1S/C70H48N2/c1-6-18-49(19-7-1)53-32-36-55(37-33-53)64-42-62(51-22-10-3-11-23-51)44-66(46-64)58-28-16-30-60(40-58)68-48-69(72-70(71-68)57-26-14-5-15-27-57)61-31-17-29-59(41-61)67-45-63(52-24-12-4-13-25-52)43-65(47-67)56-38-34-54(35-39-56)50-20-8-2-9-21-50/h1-48H. The van der Waals surface area contributed by atoms with Gasteiger partial charge in [-0.15, -0.1) is 0 Å². The van der Waals surface area contributed by atoms with Crippen LogP contribution in [0.25, 0.3) is 123 Å². The van der Waals surface area contributed by atoms with Crippen LogP contribution in [0.1, 0.15) is 0 Å². The Kier molecular flexibility index (Phi) is 12.1. The van der Waals surface area contributed by atoms with Crippen molar-refractivity contribution in [2.45, 2.75) is 0 Å². The van der Waals surface area contributed by atoms with Crippen LogP contribution in [0, 0.1) is 0 Å². The van der Waals surface area contributed by atoms with Crippen molar-refractivity contribution < 1.29 is 0 Å². The molecule has 0 radical (unpaired) electrons. The Morgan fingerprint density at radius 1 is 0.139 bits per heavy atom. The highest BCUT2D eigenvalue weighted by Gasteiger charge is 2.15. The largest absolute Gasteiger partial charge is 0.228 e. The topological polar surface area (TPSA) is 25.8 Å². The van der Waals surface area contributed by atoms with Crippen LogP contribution in [0.4, 0.5) is 0 Å². The van der Waals surface area contributed by atoms with E-state index in [1.807, 2.05) is 18.2 Å². The van der Waals surface area contributed by atoms with Gasteiger partial charge in [-0.2, -0.15) is 0 Å². The van der Waals surface area contributed by atoms with E-state index in [0.29, 0.717) is 5.82 Å². The molecule has 0 bridgehead atoms. The fraction of sp³-hybridized carbons (Fsp3) is 0. The number of aromatic nitrogens is 2. The lowest BCUT2D eigenvalue weighted by Crippen LogP contribution is -1.96. The van der Waals surface area contributed by atoms with Gasteiger partial charge in [-0.1, -0.05) is 237 Å². The first-order valence-electron chi connectivity index (χ1n) is 24.5. The Morgan fingerprint density at radius 2 is 0.347 bits per heavy atom. The summed E-state index contributed by atoms with van der Waals surface area (Å²) in [5, 5.41) is 0. The van der Waals surface area contributed by atoms with Crippen molar-refractivity contribution in [2.24, 2.45) is 0 Å². The molecule has 0 aliphatic carbocycles. The smallest absolute Gasteiger partial charge is 0.160 e. The van der Waals surface area contributed by atoms with Crippen molar-refractivity contribution in [1.82, 2.24) is 9.97 Å². The molecule has 12 aromatic rings. The quantitative estimate of drug-likeness (QED) is 0.129. The molecule has 12 rings (SSSR count). The van der Waals surface area contributed by atoms with Crippen LogP contribution >= 0.6 is 0 Å². The van der Waals surface area contributed by atoms with Gasteiger partial charge in [0.15, 0.2) is 5.82 Å². The van der Waals surface area contributed by atoms with Gasteiger partial charge in [-0.05, 0) is 144 Å². The maximum absolute atomic E-state index is 5.28. The van der Waals surface area contributed by atoms with E-state index in [0.717, 1.165) is 61.5 Å². The van der Waals surface area contributed by atoms with Crippen molar-refractivity contribution in [1.29, 1.82) is 0 Å². The van der Waals surface area contributed by atoms with E-state index >= 15 is 0 Å². The minimum Gasteiger partial charge on any atom is -0.228 e. The van der Waals surface area contributed by atoms with E-state index in [1.54, 1.807) is 0 Å². The van der Waals surface area contributed by atoms with Crippen LogP contribution in [-0.4, -0.2) is 9.97 Å². The fourth-order valence-corrected chi connectivity index (χ4v) is 9.66. The lowest BCUT2D eigenvalue weighted by atomic mass is 9.91. The third kappa shape index (κ3) is 9.46. The van der Waals surface area contributed by atoms with Crippen molar-refractivity contribution in [2.75, 3.05) is 0 Å². The summed E-state index contributed by atoms with van der Waals surface area (Å²) in [6, 6.07) is 104. The zero-order valence-electron chi connectivity index (χ0n) is 39.6. The Bertz CT molecular complexity index is 3560. The van der Waals surface area contributed by atoms with E-state index in [2.05, 4.69) is 273 Å². The predicted molar refractivity (Wildman–Crippen MR) is 302 cm³/mol. The van der Waals surface area contributed by atoms with Gasteiger partial charge in [-0.25, -0.2) is 9.97 Å². The molecular weight excluding hydrogens is 869 g/mol. The molecule has 0 unspecified atom stereocenters. The lowest BCUT2D eigenvalue weighted by Gasteiger charge is -2.14. The molecule has 0 saturated heterocycles. The Labute approximate surface area is 421 Å². The predicted octanol–water partition coefficient (Wildman–Crippen LogP) is 18.8. The van der Waals surface area contributed by atoms with E-state index in [1.165, 1.54) is 55.6 Å². The van der Waals surface area contributed by atoms with E-state index in [-0.39, 0.29) is 0 Å². The van der Waals surface area contributed by atoms with Crippen molar-refractivity contribution in [3.8, 4) is 123 Å². The molecule has 0 aliphatic heterocycles. The number of rotatable bonds is 11. The average Bonchev–Trinajstić information content (AvgIpc) is 3.48. The highest BCUT2D eigenvalue weighted by molar-refractivity contribution is 5.86. The van der Waals surface area contributed by atoms with Gasteiger partial charge in [0, 0.05) is 16.7 Å². The maximum Gasteiger partial charge on any atom is 0.160 e. The second-order valence-electron chi connectivity index (χ2n) is 18.2. The molecule has 1 aromatic heterocycles. The molecule has 2 heteroatoms. The van der Waals surface area contributed by atoms with Crippen molar-refractivity contribution >= 4 is 0 Å². The van der Waals surface area contributed by atoms with E-state index < -0.39 is 0 Å². The third-order valence-electron chi connectivity index (χ3n) is 13.5. The summed E-state index contributed by atoms with van der Waals surface area (Å²) in [5.74, 6) is 0.679. The van der Waals surface area contributed by atoms with Gasteiger partial charge in [-0.3, -0.25) is 0 Å². The molecule has 0 amide bonds. The summed E-state index contributed by atoms with van der Waals surface area (Å²) >= 11 is 0. The van der Waals surface area contributed by atoms with Gasteiger partial charge in [0.1, 0.15) is 0 Å². The number of hydrogen-bond acceptors (Lipinski definition) is 2. The second-order valence-corrected chi connectivity index (χ2v) is 18.2. The molecule has 2 nitrogen and oxygen atoms in total. The van der Waals surface area contributed by atoms with E-state index in [4.69, 9.17) is 9.97 Å². The van der Waals surface area contributed by atoms with Crippen LogP contribution in [0.5, 0.6) is 0 Å². The van der Waals surface area contributed by atoms with Crippen molar-refractivity contribution in [3.05, 3.63) is 291 Å². The van der Waals surface area contributed by atoms with Crippen LogP contribution in [0.15, 0.2) is 291 Å². The number of hydrogen-bond donors (Lipinski definition) is 0. The molecule has 1 heterocycles. The van der Waals surface area contributed by atoms with Gasteiger partial charge in [0.05, 0.1) is 11.4 Å². The molecule has 0 saturated carbocycles. The highest BCUT2D eigenvalue weighted by atomic mass is 14.9. The Morgan fingerprint density at radius 3 is 0.667 bits per heavy atom. The molecule has 0 atom stereocenters. The normalized spacial score (nSPS) is 11.1. The summed E-state index contributed by atoms with van der Waals surface area (Å²) in [6.45, 7) is 0. The van der Waals surface area contributed by atoms with E-state index in [9.17, 15) is 0 Å². The lowest BCUT2D eigenvalue weighted by molar-refractivity contribution is 1.18. The van der Waals surface area contributed by atoms with Crippen LogP contribution in [0.3, 0.4) is 0 Å². The first kappa shape index (κ1) is 43.8. The molecule has 0 spiro atoms. The summed E-state index contributed by atoms with van der Waals surface area (Å²) in [4.78, 5) is 10.6. The first-order valence-corrected chi connectivity index (χ1v) is 24.5. The van der Waals surface area contributed by atoms with Gasteiger partial charge < -0.3 is 0 Å². The number of nitrogens with zero attached hydrogens (tertiary/aromatic N) is 2. The Balaban J connectivity index is 0.936. The molecule has 338 valence electrons. The van der Waals surface area contributed by atoms with Gasteiger partial charge in [0.2, 0.25) is 0 Å². The maximum atomic E-state index is 5.28. The number of benzene rings is 11. The monoisotopic (exact) mass is 916 g/mol. The first-order chi connectivity index (χ1) is 35.6. The second kappa shape index (κ2) is 19.8. The molecule has 11 aromatic carbocycles. The van der Waals surface area contributed by atoms with Crippen LogP contribution in [0.2, 0.25) is 0 Å². The summed E-state index contributed by atoms with van der Waals surface area (Å²) in [6.07, 6.45) is 0. The minimum atomic E-state index is 0.679. The van der Waals surface area contributed by atoms with Crippen molar-refractivity contribution in [3.63, 3.8) is 0 Å². The fourth-order valence-electron chi connectivity index (χ4n) is 9.66. The SMILES string of the molecule is c1ccc(-c2ccc(-c3cc(-c4ccccc4)cc(-c4cccc(-c5cc(-c6cccc(-c7cc(-c8ccccc8)cc(-c8ccc(-c9ccccc9)cc8)c7)c6)nc(-c6ccccc6)n5)c4)c3)cc2)cc1. The molecule has 0 N–H and O–H groups in total. The summed E-state index contributed by atoms with van der Waals surface area (Å²) in [5.41, 5.74) is 23.3. The minimum absolute atomic E-state index is 0.679. The summed E-state index contributed by atoms with van der Waals surface area (Å²) < 4.78 is 0. The zero-order valence-corrected chi connectivity index (χ0v) is 39.6. The molecule has 0 aliphatic rings. The molecule has 0 fully saturated rings. The van der Waals surface area contributed by atoms with Crippen LogP contribution < -0.4 is 0 Å². The zero-order chi connectivity index (χ0) is 48.1. The summed E-state index contributed by atoms with van der Waals surface area (Å²) in [7, 11) is 0. The van der Waals surface area contributed by atoms with Gasteiger partial charge in [0.25, 0.3) is 0 Å². The molecular formula is C70H48N2.